The van der Waals surface area contributed by atoms with E-state index in [0.717, 1.165) is 46.7 Å². The van der Waals surface area contributed by atoms with Crippen molar-refractivity contribution in [2.24, 2.45) is 4.99 Å². The summed E-state index contributed by atoms with van der Waals surface area (Å²) in [5.41, 5.74) is 5.60. The molecule has 142 valence electrons. The van der Waals surface area contributed by atoms with E-state index in [0.29, 0.717) is 12.2 Å². The van der Waals surface area contributed by atoms with E-state index >= 15 is 0 Å². The molecular weight excluding hydrogens is 336 g/mol. The number of nitrogens with zero attached hydrogens (tertiary/aromatic N) is 2. The van der Waals surface area contributed by atoms with Crippen LogP contribution >= 0.6 is 0 Å². The number of benzene rings is 2. The number of likely N-dealkylation sites (tertiary alicyclic amines) is 1. The number of rotatable bonds is 4. The molecule has 0 bridgehead atoms. The second-order valence-electron chi connectivity index (χ2n) is 7.36. The zero-order valence-electron chi connectivity index (χ0n) is 16.7. The van der Waals surface area contributed by atoms with Gasteiger partial charge in [-0.05, 0) is 68.0 Å². The molecule has 0 atom stereocenters. The lowest BCUT2D eigenvalue weighted by Gasteiger charge is -2.26. The van der Waals surface area contributed by atoms with Gasteiger partial charge in [0.2, 0.25) is 0 Å². The van der Waals surface area contributed by atoms with Gasteiger partial charge in [-0.15, -0.1) is 0 Å². The first kappa shape index (κ1) is 19.2. The summed E-state index contributed by atoms with van der Waals surface area (Å²) in [7, 11) is 2.09. The van der Waals surface area contributed by atoms with Crippen LogP contribution in [0.15, 0.2) is 41.4 Å². The molecule has 0 unspecified atom stereocenters. The molecule has 0 aliphatic carbocycles. The molecule has 0 radical (unpaired) electrons. The Kier molecular flexibility index (Phi) is 5.94. The van der Waals surface area contributed by atoms with E-state index in [2.05, 4.69) is 11.9 Å². The van der Waals surface area contributed by atoms with Gasteiger partial charge in [-0.2, -0.15) is 0 Å². The minimum absolute atomic E-state index is 0.284. The van der Waals surface area contributed by atoms with E-state index in [1.807, 2.05) is 57.2 Å². The van der Waals surface area contributed by atoms with Crippen molar-refractivity contribution in [2.45, 2.75) is 46.6 Å². The van der Waals surface area contributed by atoms with E-state index in [1.54, 1.807) is 0 Å². The molecule has 0 N–H and O–H groups in total. The number of esters is 1. The molecule has 1 aliphatic heterocycles. The molecule has 3 rings (SSSR count). The molecule has 0 spiro atoms. The molecule has 1 fully saturated rings. The van der Waals surface area contributed by atoms with Crippen LogP contribution in [0, 0.1) is 20.8 Å². The highest BCUT2D eigenvalue weighted by Gasteiger charge is 2.16. The number of carbonyl (C=O) groups is 1. The number of amidine groups is 1. The quantitative estimate of drug-likeness (QED) is 0.708. The van der Waals surface area contributed by atoms with Crippen molar-refractivity contribution in [3.8, 4) is 0 Å². The molecule has 1 heterocycles. The monoisotopic (exact) mass is 364 g/mol. The molecule has 2 aromatic rings. The molecule has 27 heavy (non-hydrogen) atoms. The first-order valence-corrected chi connectivity index (χ1v) is 9.57. The average Bonchev–Trinajstić information content (AvgIpc) is 2.65. The summed E-state index contributed by atoms with van der Waals surface area (Å²) in [6.07, 6.45) is 3.42. The smallest absolute Gasteiger partial charge is 0.338 e. The summed E-state index contributed by atoms with van der Waals surface area (Å²) in [5, 5.41) is 0. The van der Waals surface area contributed by atoms with Gasteiger partial charge in [-0.1, -0.05) is 24.3 Å². The Hall–Kier alpha value is -2.62. The van der Waals surface area contributed by atoms with E-state index in [-0.39, 0.29) is 5.97 Å². The maximum Gasteiger partial charge on any atom is 0.338 e. The van der Waals surface area contributed by atoms with Crippen LogP contribution in [0.1, 0.15) is 51.9 Å². The van der Waals surface area contributed by atoms with Crippen LogP contribution in [-0.2, 0) is 11.3 Å². The number of piperidine rings is 1. The first-order valence-electron chi connectivity index (χ1n) is 9.57. The summed E-state index contributed by atoms with van der Waals surface area (Å²) in [6.45, 7) is 7.31. The van der Waals surface area contributed by atoms with E-state index in [9.17, 15) is 4.79 Å². The average molecular weight is 364 g/mol. The second-order valence-corrected chi connectivity index (χ2v) is 7.36. The Morgan fingerprint density at radius 1 is 1.07 bits per heavy atom. The van der Waals surface area contributed by atoms with Gasteiger partial charge in [0.25, 0.3) is 0 Å². The van der Waals surface area contributed by atoms with Crippen molar-refractivity contribution in [3.05, 3.63) is 64.2 Å². The number of aliphatic imine (C=N–C) groups is 1. The summed E-state index contributed by atoms with van der Waals surface area (Å²) < 4.78 is 5.55. The fourth-order valence-corrected chi connectivity index (χ4v) is 3.37. The van der Waals surface area contributed by atoms with Crippen LogP contribution in [0.2, 0.25) is 0 Å². The topological polar surface area (TPSA) is 41.9 Å². The van der Waals surface area contributed by atoms with Gasteiger partial charge in [-0.25, -0.2) is 9.79 Å². The van der Waals surface area contributed by atoms with Crippen LogP contribution in [0.25, 0.3) is 0 Å². The minimum Gasteiger partial charge on any atom is -0.457 e. The molecule has 2 aromatic carbocycles. The zero-order chi connectivity index (χ0) is 19.4. The number of hydrogen-bond acceptors (Lipinski definition) is 3. The number of ether oxygens (including phenoxy) is 1. The van der Waals surface area contributed by atoms with Gasteiger partial charge in [0, 0.05) is 20.0 Å². The summed E-state index contributed by atoms with van der Waals surface area (Å²) >= 11 is 0. The SMILES string of the molecule is Cc1ccccc1COC(=O)c1cc(C)c(/N=C2\CCCCN2C)cc1C. The van der Waals surface area contributed by atoms with Gasteiger partial charge in [-0.3, -0.25) is 0 Å². The third kappa shape index (κ3) is 4.57. The van der Waals surface area contributed by atoms with Crippen molar-refractivity contribution < 1.29 is 9.53 Å². The summed E-state index contributed by atoms with van der Waals surface area (Å²) in [6, 6.07) is 11.8. The highest BCUT2D eigenvalue weighted by Crippen LogP contribution is 2.26. The highest BCUT2D eigenvalue weighted by atomic mass is 16.5. The van der Waals surface area contributed by atoms with Gasteiger partial charge >= 0.3 is 5.97 Å². The largest absolute Gasteiger partial charge is 0.457 e. The van der Waals surface area contributed by atoms with Gasteiger partial charge in [0.05, 0.1) is 11.3 Å². The predicted molar refractivity (Wildman–Crippen MR) is 110 cm³/mol. The van der Waals surface area contributed by atoms with Crippen molar-refractivity contribution in [2.75, 3.05) is 13.6 Å². The molecule has 1 saturated heterocycles. The van der Waals surface area contributed by atoms with Crippen molar-refractivity contribution in [1.29, 1.82) is 0 Å². The lowest BCUT2D eigenvalue weighted by molar-refractivity contribution is 0.0471. The van der Waals surface area contributed by atoms with E-state index in [4.69, 9.17) is 9.73 Å². The second kappa shape index (κ2) is 8.38. The molecule has 4 nitrogen and oxygen atoms in total. The summed E-state index contributed by atoms with van der Waals surface area (Å²) in [5.74, 6) is 0.839. The fourth-order valence-electron chi connectivity index (χ4n) is 3.37. The lowest BCUT2D eigenvalue weighted by atomic mass is 10.0. The van der Waals surface area contributed by atoms with Crippen molar-refractivity contribution >= 4 is 17.5 Å². The maximum atomic E-state index is 12.6. The fraction of sp³-hybridized carbons (Fsp3) is 0.391. The zero-order valence-corrected chi connectivity index (χ0v) is 16.7. The third-order valence-corrected chi connectivity index (χ3v) is 5.22. The molecule has 0 saturated carbocycles. The van der Waals surface area contributed by atoms with Crippen LogP contribution in [0.3, 0.4) is 0 Å². The molecule has 0 aromatic heterocycles. The number of carbonyl (C=O) groups excluding carboxylic acids is 1. The summed E-state index contributed by atoms with van der Waals surface area (Å²) in [4.78, 5) is 19.7. The normalized spacial score (nSPS) is 15.9. The highest BCUT2D eigenvalue weighted by molar-refractivity contribution is 5.92. The Labute approximate surface area is 161 Å². The Bertz CT molecular complexity index is 871. The van der Waals surface area contributed by atoms with E-state index in [1.165, 1.54) is 12.8 Å². The maximum absolute atomic E-state index is 12.6. The molecule has 1 aliphatic rings. The predicted octanol–water partition coefficient (Wildman–Crippen LogP) is 5.11. The van der Waals surface area contributed by atoms with Crippen molar-refractivity contribution in [3.63, 3.8) is 0 Å². The van der Waals surface area contributed by atoms with Crippen LogP contribution in [0.4, 0.5) is 5.69 Å². The van der Waals surface area contributed by atoms with Gasteiger partial charge in [0.1, 0.15) is 12.4 Å². The molecule has 4 heteroatoms. The number of aryl methyl sites for hydroxylation is 3. The van der Waals surface area contributed by atoms with Gasteiger partial charge in [0.15, 0.2) is 0 Å². The number of hydrogen-bond donors (Lipinski definition) is 0. The lowest BCUT2D eigenvalue weighted by Crippen LogP contribution is -2.31. The molecule has 0 amide bonds. The molecular formula is C23H28N2O2. The minimum atomic E-state index is -0.284. The van der Waals surface area contributed by atoms with Crippen LogP contribution in [-0.4, -0.2) is 30.3 Å². The standard InChI is InChI=1S/C23H28N2O2/c1-16-9-5-6-10-19(16)15-27-23(26)20-13-18(3)21(14-17(20)2)24-22-11-7-8-12-25(22)4/h5-6,9-10,13-14H,7-8,11-12,15H2,1-4H3/b24-22+. The van der Waals surface area contributed by atoms with Crippen LogP contribution in [0.5, 0.6) is 0 Å². The Morgan fingerprint density at radius 3 is 2.59 bits per heavy atom. The van der Waals surface area contributed by atoms with Crippen LogP contribution < -0.4 is 0 Å². The Morgan fingerprint density at radius 2 is 1.85 bits per heavy atom. The van der Waals surface area contributed by atoms with Crippen molar-refractivity contribution in [1.82, 2.24) is 4.90 Å². The van der Waals surface area contributed by atoms with E-state index < -0.39 is 0 Å². The first-order chi connectivity index (χ1) is 13.0. The van der Waals surface area contributed by atoms with Gasteiger partial charge < -0.3 is 9.64 Å². The Balaban J connectivity index is 1.77. The third-order valence-electron chi connectivity index (χ3n) is 5.22.